The van der Waals surface area contributed by atoms with Gasteiger partial charge in [-0.2, -0.15) is 0 Å². The summed E-state index contributed by atoms with van der Waals surface area (Å²) in [5.41, 5.74) is 0.202. The molecular weight excluding hydrogens is 207 g/mol. The fraction of sp³-hybridized carbons (Fsp3) is 0.417. The van der Waals surface area contributed by atoms with Crippen molar-refractivity contribution >= 4 is 11.6 Å². The zero-order valence-electron chi connectivity index (χ0n) is 9.46. The average molecular weight is 222 g/mol. The molecule has 0 unspecified atom stereocenters. The summed E-state index contributed by atoms with van der Waals surface area (Å²) in [7, 11) is 0. The van der Waals surface area contributed by atoms with Gasteiger partial charge in [-0.3, -0.25) is 4.79 Å². The molecule has 0 spiro atoms. The Morgan fingerprint density at radius 2 is 1.94 bits per heavy atom. The highest BCUT2D eigenvalue weighted by atomic mass is 19.1. The van der Waals surface area contributed by atoms with Gasteiger partial charge in [0.1, 0.15) is 5.82 Å². The minimum absolute atomic E-state index is 0.0189. The van der Waals surface area contributed by atoms with Crippen LogP contribution in [-0.4, -0.2) is 24.5 Å². The molecule has 1 saturated heterocycles. The Labute approximate surface area is 94.3 Å². The molecule has 1 aliphatic rings. The first-order valence-electron chi connectivity index (χ1n) is 5.33. The standard InChI is InChI=1S/C12H15FN2O/c1-12(2)11(16)15(8-7-14-12)10-5-3-9(13)4-6-10/h3-6,14H,7-8H2,1-2H3. The molecule has 3 nitrogen and oxygen atoms in total. The van der Waals surface area contributed by atoms with Crippen molar-refractivity contribution in [1.82, 2.24) is 5.32 Å². The van der Waals surface area contributed by atoms with Crippen molar-refractivity contribution < 1.29 is 9.18 Å². The molecule has 0 radical (unpaired) electrons. The summed E-state index contributed by atoms with van der Waals surface area (Å²) >= 11 is 0. The van der Waals surface area contributed by atoms with E-state index in [-0.39, 0.29) is 11.7 Å². The average Bonchev–Trinajstić information content (AvgIpc) is 2.24. The molecule has 1 heterocycles. The topological polar surface area (TPSA) is 32.3 Å². The molecular formula is C12H15FN2O. The van der Waals surface area contributed by atoms with Gasteiger partial charge in [0.2, 0.25) is 5.91 Å². The van der Waals surface area contributed by atoms with Crippen LogP contribution in [0.3, 0.4) is 0 Å². The minimum Gasteiger partial charge on any atom is -0.310 e. The first kappa shape index (κ1) is 11.1. The van der Waals surface area contributed by atoms with Gasteiger partial charge in [0, 0.05) is 18.8 Å². The minimum atomic E-state index is -0.549. The van der Waals surface area contributed by atoms with Crippen molar-refractivity contribution in [2.75, 3.05) is 18.0 Å². The molecule has 1 fully saturated rings. The van der Waals surface area contributed by atoms with Gasteiger partial charge in [0.15, 0.2) is 0 Å². The number of hydrogen-bond donors (Lipinski definition) is 1. The predicted octanol–water partition coefficient (Wildman–Crippen LogP) is 1.54. The van der Waals surface area contributed by atoms with Crippen LogP contribution in [0, 0.1) is 5.82 Å². The number of halogens is 1. The number of hydrogen-bond acceptors (Lipinski definition) is 2. The van der Waals surface area contributed by atoms with E-state index in [0.717, 1.165) is 12.2 Å². The van der Waals surface area contributed by atoms with E-state index in [1.54, 1.807) is 17.0 Å². The molecule has 1 amide bonds. The Kier molecular flexibility index (Phi) is 2.68. The van der Waals surface area contributed by atoms with Crippen molar-refractivity contribution in [3.05, 3.63) is 30.1 Å². The number of carbonyl (C=O) groups excluding carboxylic acids is 1. The van der Waals surface area contributed by atoms with Crippen LogP contribution in [0.15, 0.2) is 24.3 Å². The van der Waals surface area contributed by atoms with E-state index < -0.39 is 5.54 Å². The van der Waals surface area contributed by atoms with Crippen molar-refractivity contribution in [3.63, 3.8) is 0 Å². The summed E-state index contributed by atoms with van der Waals surface area (Å²) in [4.78, 5) is 13.8. The Morgan fingerprint density at radius 3 is 2.56 bits per heavy atom. The Morgan fingerprint density at radius 1 is 1.31 bits per heavy atom. The number of nitrogens with one attached hydrogen (secondary N) is 1. The number of benzene rings is 1. The first-order chi connectivity index (χ1) is 7.50. The van der Waals surface area contributed by atoms with Crippen molar-refractivity contribution in [3.8, 4) is 0 Å². The van der Waals surface area contributed by atoms with E-state index >= 15 is 0 Å². The second kappa shape index (κ2) is 3.87. The molecule has 0 bridgehead atoms. The van der Waals surface area contributed by atoms with Gasteiger partial charge in [-0.05, 0) is 38.1 Å². The highest BCUT2D eigenvalue weighted by molar-refractivity contribution is 6.00. The molecule has 1 N–H and O–H groups in total. The fourth-order valence-corrected chi connectivity index (χ4v) is 1.86. The molecule has 0 atom stereocenters. The lowest BCUT2D eigenvalue weighted by Gasteiger charge is -2.38. The maximum Gasteiger partial charge on any atom is 0.246 e. The number of rotatable bonds is 1. The maximum absolute atomic E-state index is 12.8. The number of piperazine rings is 1. The molecule has 2 rings (SSSR count). The fourth-order valence-electron chi connectivity index (χ4n) is 1.86. The molecule has 1 aromatic carbocycles. The monoisotopic (exact) mass is 222 g/mol. The normalized spacial score (nSPS) is 19.9. The third-order valence-electron chi connectivity index (χ3n) is 2.82. The summed E-state index contributed by atoms with van der Waals surface area (Å²) in [5, 5.41) is 3.15. The largest absolute Gasteiger partial charge is 0.310 e. The second-order valence-corrected chi connectivity index (χ2v) is 4.48. The lowest BCUT2D eigenvalue weighted by Crippen LogP contribution is -2.61. The lowest BCUT2D eigenvalue weighted by atomic mass is 10.0. The van der Waals surface area contributed by atoms with Crippen LogP contribution in [0.25, 0.3) is 0 Å². The summed E-state index contributed by atoms with van der Waals surface area (Å²) in [6.45, 7) is 5.07. The maximum atomic E-state index is 12.8. The highest BCUT2D eigenvalue weighted by Gasteiger charge is 2.35. The van der Waals surface area contributed by atoms with Crippen LogP contribution in [0.4, 0.5) is 10.1 Å². The molecule has 16 heavy (non-hydrogen) atoms. The van der Waals surface area contributed by atoms with Crippen molar-refractivity contribution in [2.45, 2.75) is 19.4 Å². The van der Waals surface area contributed by atoms with Gasteiger partial charge in [-0.15, -0.1) is 0 Å². The van der Waals surface area contributed by atoms with Gasteiger partial charge in [0.05, 0.1) is 5.54 Å². The molecule has 1 aromatic rings. The highest BCUT2D eigenvalue weighted by Crippen LogP contribution is 2.21. The van der Waals surface area contributed by atoms with E-state index in [1.165, 1.54) is 12.1 Å². The van der Waals surface area contributed by atoms with Crippen LogP contribution < -0.4 is 10.2 Å². The third kappa shape index (κ3) is 1.93. The van der Waals surface area contributed by atoms with Gasteiger partial charge >= 0.3 is 0 Å². The van der Waals surface area contributed by atoms with Gasteiger partial charge in [0.25, 0.3) is 0 Å². The van der Waals surface area contributed by atoms with Gasteiger partial charge < -0.3 is 10.2 Å². The quantitative estimate of drug-likeness (QED) is 0.781. The van der Waals surface area contributed by atoms with E-state index in [9.17, 15) is 9.18 Å². The van der Waals surface area contributed by atoms with Gasteiger partial charge in [-0.25, -0.2) is 4.39 Å². The van der Waals surface area contributed by atoms with E-state index in [0.29, 0.717) is 6.54 Å². The molecule has 4 heteroatoms. The molecule has 0 aromatic heterocycles. The predicted molar refractivity (Wildman–Crippen MR) is 60.8 cm³/mol. The number of nitrogens with zero attached hydrogens (tertiary/aromatic N) is 1. The van der Waals surface area contributed by atoms with Gasteiger partial charge in [-0.1, -0.05) is 0 Å². The SMILES string of the molecule is CC1(C)NCCN(c2ccc(F)cc2)C1=O. The molecule has 0 saturated carbocycles. The van der Waals surface area contributed by atoms with Crippen LogP contribution >= 0.6 is 0 Å². The van der Waals surface area contributed by atoms with Crippen LogP contribution in [0.5, 0.6) is 0 Å². The number of amides is 1. The summed E-state index contributed by atoms with van der Waals surface area (Å²) < 4.78 is 12.8. The zero-order valence-corrected chi connectivity index (χ0v) is 9.46. The van der Waals surface area contributed by atoms with Crippen molar-refractivity contribution in [2.24, 2.45) is 0 Å². The first-order valence-corrected chi connectivity index (χ1v) is 5.33. The Balaban J connectivity index is 2.27. The third-order valence-corrected chi connectivity index (χ3v) is 2.82. The van der Waals surface area contributed by atoms with Crippen LogP contribution in [0.2, 0.25) is 0 Å². The van der Waals surface area contributed by atoms with E-state index in [4.69, 9.17) is 0 Å². The van der Waals surface area contributed by atoms with Crippen LogP contribution in [0.1, 0.15) is 13.8 Å². The summed E-state index contributed by atoms with van der Waals surface area (Å²) in [6, 6.07) is 6.01. The summed E-state index contributed by atoms with van der Waals surface area (Å²) in [5.74, 6) is -0.268. The molecule has 0 aliphatic carbocycles. The smallest absolute Gasteiger partial charge is 0.246 e. The van der Waals surface area contributed by atoms with Crippen molar-refractivity contribution in [1.29, 1.82) is 0 Å². The Hall–Kier alpha value is -1.42. The molecule has 86 valence electrons. The number of carbonyl (C=O) groups is 1. The summed E-state index contributed by atoms with van der Waals surface area (Å²) in [6.07, 6.45) is 0. The number of anilines is 1. The zero-order chi connectivity index (χ0) is 11.8. The molecule has 1 aliphatic heterocycles. The lowest BCUT2D eigenvalue weighted by molar-refractivity contribution is -0.124. The Bertz CT molecular complexity index is 400. The van der Waals surface area contributed by atoms with Crippen LogP contribution in [-0.2, 0) is 4.79 Å². The van der Waals surface area contributed by atoms with E-state index in [1.807, 2.05) is 13.8 Å². The van der Waals surface area contributed by atoms with E-state index in [2.05, 4.69) is 5.32 Å². The second-order valence-electron chi connectivity index (χ2n) is 4.48.